The van der Waals surface area contributed by atoms with E-state index < -0.39 is 0 Å². The summed E-state index contributed by atoms with van der Waals surface area (Å²) in [5.41, 5.74) is 2.78. The molecule has 4 heteroatoms. The lowest BCUT2D eigenvalue weighted by atomic mass is 10.3. The molecule has 1 N–H and O–H groups in total. The van der Waals surface area contributed by atoms with Gasteiger partial charge in [0.15, 0.2) is 11.4 Å². The Labute approximate surface area is 88.1 Å². The second-order valence-electron chi connectivity index (χ2n) is 3.39. The fourth-order valence-corrected chi connectivity index (χ4v) is 1.71. The molecular formula is C11H14N2O2. The highest BCUT2D eigenvalue weighted by molar-refractivity contribution is 5.55. The number of aliphatic hydroxyl groups excluding tert-OH is 1. The minimum atomic E-state index is 0.118. The molecule has 0 bridgehead atoms. The Hall–Kier alpha value is -1.55. The molecule has 2 heterocycles. The van der Waals surface area contributed by atoms with Crippen LogP contribution in [0.2, 0.25) is 0 Å². The second-order valence-corrected chi connectivity index (χ2v) is 3.39. The van der Waals surface area contributed by atoms with Crippen LogP contribution in [-0.2, 0) is 6.42 Å². The monoisotopic (exact) mass is 206 g/mol. The number of aromatic nitrogens is 2. The molecule has 0 aliphatic carbocycles. The van der Waals surface area contributed by atoms with E-state index in [0.717, 1.165) is 22.8 Å². The third-order valence-electron chi connectivity index (χ3n) is 2.52. The molecule has 2 rings (SSSR count). The zero-order valence-electron chi connectivity index (χ0n) is 8.90. The molecule has 0 amide bonds. The van der Waals surface area contributed by atoms with Gasteiger partial charge in [-0.2, -0.15) is 0 Å². The van der Waals surface area contributed by atoms with Crippen LogP contribution in [0.3, 0.4) is 0 Å². The molecule has 0 aliphatic rings. The topological polar surface area (TPSA) is 46.8 Å². The van der Waals surface area contributed by atoms with Crippen molar-refractivity contribution >= 4 is 5.65 Å². The Morgan fingerprint density at radius 2 is 2.33 bits per heavy atom. The van der Waals surface area contributed by atoms with Crippen molar-refractivity contribution in [1.29, 1.82) is 0 Å². The first-order valence-electron chi connectivity index (χ1n) is 4.89. The largest absolute Gasteiger partial charge is 0.493 e. The summed E-state index contributed by atoms with van der Waals surface area (Å²) in [5.74, 6) is 0.754. The van der Waals surface area contributed by atoms with Gasteiger partial charge >= 0.3 is 0 Å². The summed E-state index contributed by atoms with van der Waals surface area (Å²) < 4.78 is 7.20. The van der Waals surface area contributed by atoms with Crippen molar-refractivity contribution < 1.29 is 9.84 Å². The smallest absolute Gasteiger partial charge is 0.180 e. The van der Waals surface area contributed by atoms with Crippen molar-refractivity contribution in [3.8, 4) is 5.75 Å². The third kappa shape index (κ3) is 1.57. The van der Waals surface area contributed by atoms with Crippen LogP contribution in [0.25, 0.3) is 5.65 Å². The number of imidazole rings is 1. The highest BCUT2D eigenvalue weighted by atomic mass is 16.5. The van der Waals surface area contributed by atoms with Crippen LogP contribution in [0, 0.1) is 6.92 Å². The summed E-state index contributed by atoms with van der Waals surface area (Å²) in [6, 6.07) is 3.80. The van der Waals surface area contributed by atoms with E-state index in [0.29, 0.717) is 6.42 Å². The average molecular weight is 206 g/mol. The molecule has 4 nitrogen and oxygen atoms in total. The molecule has 0 spiro atoms. The average Bonchev–Trinajstić information content (AvgIpc) is 2.57. The number of ether oxygens (including phenoxy) is 1. The van der Waals surface area contributed by atoms with Crippen LogP contribution in [0.1, 0.15) is 11.4 Å². The minimum absolute atomic E-state index is 0.118. The maximum Gasteiger partial charge on any atom is 0.180 e. The van der Waals surface area contributed by atoms with Crippen LogP contribution in [0.15, 0.2) is 18.3 Å². The Morgan fingerprint density at radius 3 is 3.00 bits per heavy atom. The van der Waals surface area contributed by atoms with Crippen molar-refractivity contribution in [2.45, 2.75) is 13.3 Å². The van der Waals surface area contributed by atoms with Crippen LogP contribution < -0.4 is 4.74 Å². The lowest BCUT2D eigenvalue weighted by molar-refractivity contribution is 0.298. The normalized spacial score (nSPS) is 10.9. The fourth-order valence-electron chi connectivity index (χ4n) is 1.71. The maximum absolute atomic E-state index is 8.92. The van der Waals surface area contributed by atoms with Gasteiger partial charge in [0, 0.05) is 24.9 Å². The van der Waals surface area contributed by atoms with Crippen LogP contribution >= 0.6 is 0 Å². The molecule has 0 fully saturated rings. The number of nitrogens with zero attached hydrogens (tertiary/aromatic N) is 2. The maximum atomic E-state index is 8.92. The van der Waals surface area contributed by atoms with Gasteiger partial charge in [-0.15, -0.1) is 0 Å². The molecule has 0 unspecified atom stereocenters. The molecule has 0 saturated heterocycles. The summed E-state index contributed by atoms with van der Waals surface area (Å²) in [6.07, 6.45) is 2.53. The highest BCUT2D eigenvalue weighted by Crippen LogP contribution is 2.21. The number of methoxy groups -OCH3 is 1. The van der Waals surface area contributed by atoms with E-state index in [1.165, 1.54) is 0 Å². The molecule has 0 atom stereocenters. The van der Waals surface area contributed by atoms with Crippen molar-refractivity contribution in [2.24, 2.45) is 0 Å². The van der Waals surface area contributed by atoms with E-state index in [2.05, 4.69) is 4.98 Å². The Balaban J connectivity index is 2.64. The van der Waals surface area contributed by atoms with Crippen LogP contribution in [0.4, 0.5) is 0 Å². The molecule has 80 valence electrons. The van der Waals surface area contributed by atoms with Gasteiger partial charge in [0.2, 0.25) is 0 Å². The Kier molecular flexibility index (Phi) is 2.60. The van der Waals surface area contributed by atoms with Gasteiger partial charge < -0.3 is 14.2 Å². The number of aliphatic hydroxyl groups is 1. The molecule has 2 aromatic rings. The summed E-state index contributed by atoms with van der Waals surface area (Å²) in [5, 5.41) is 8.92. The SMILES string of the molecule is COc1cccn2c(C)c(CCO)nc12. The minimum Gasteiger partial charge on any atom is -0.493 e. The second kappa shape index (κ2) is 3.90. The van der Waals surface area contributed by atoms with Crippen molar-refractivity contribution in [1.82, 2.24) is 9.38 Å². The number of aryl methyl sites for hydroxylation is 1. The van der Waals surface area contributed by atoms with E-state index >= 15 is 0 Å². The zero-order chi connectivity index (χ0) is 10.8. The molecule has 0 saturated carbocycles. The zero-order valence-corrected chi connectivity index (χ0v) is 8.90. The first-order chi connectivity index (χ1) is 7.27. The van der Waals surface area contributed by atoms with Crippen molar-refractivity contribution in [3.05, 3.63) is 29.7 Å². The van der Waals surface area contributed by atoms with Gasteiger partial charge in [0.05, 0.1) is 12.8 Å². The Morgan fingerprint density at radius 1 is 1.53 bits per heavy atom. The predicted octanol–water partition coefficient (Wildman–Crippen LogP) is 1.19. The fraction of sp³-hybridized carbons (Fsp3) is 0.364. The standard InChI is InChI=1S/C11H14N2O2/c1-8-9(5-7-14)12-11-10(15-2)4-3-6-13(8)11/h3-4,6,14H,5,7H2,1-2H3. The molecule has 0 aromatic carbocycles. The number of fused-ring (bicyclic) bond motifs is 1. The quantitative estimate of drug-likeness (QED) is 0.820. The van der Waals surface area contributed by atoms with E-state index in [1.807, 2.05) is 29.7 Å². The first kappa shape index (κ1) is 9.98. The number of hydrogen-bond donors (Lipinski definition) is 1. The summed E-state index contributed by atoms with van der Waals surface area (Å²) in [4.78, 5) is 4.45. The first-order valence-corrected chi connectivity index (χ1v) is 4.89. The van der Waals surface area contributed by atoms with Gasteiger partial charge in [-0.3, -0.25) is 0 Å². The van der Waals surface area contributed by atoms with Crippen molar-refractivity contribution in [2.75, 3.05) is 13.7 Å². The van der Waals surface area contributed by atoms with Crippen LogP contribution in [-0.4, -0.2) is 28.2 Å². The molecule has 2 aromatic heterocycles. The van der Waals surface area contributed by atoms with Crippen molar-refractivity contribution in [3.63, 3.8) is 0 Å². The Bertz CT molecular complexity index is 477. The molecule has 15 heavy (non-hydrogen) atoms. The molecule has 0 aliphatic heterocycles. The van der Waals surface area contributed by atoms with Gasteiger partial charge in [-0.25, -0.2) is 4.98 Å². The van der Waals surface area contributed by atoms with E-state index in [9.17, 15) is 0 Å². The predicted molar refractivity (Wildman–Crippen MR) is 57.3 cm³/mol. The van der Waals surface area contributed by atoms with E-state index in [-0.39, 0.29) is 6.61 Å². The number of hydrogen-bond acceptors (Lipinski definition) is 3. The lowest BCUT2D eigenvalue weighted by Crippen LogP contribution is -1.94. The van der Waals surface area contributed by atoms with E-state index in [1.54, 1.807) is 7.11 Å². The number of pyridine rings is 1. The van der Waals surface area contributed by atoms with Gasteiger partial charge in [-0.05, 0) is 19.1 Å². The highest BCUT2D eigenvalue weighted by Gasteiger charge is 2.10. The molecule has 0 radical (unpaired) electrons. The molecular weight excluding hydrogens is 192 g/mol. The summed E-state index contributed by atoms with van der Waals surface area (Å²) in [6.45, 7) is 2.11. The lowest BCUT2D eigenvalue weighted by Gasteiger charge is -2.01. The third-order valence-corrected chi connectivity index (χ3v) is 2.52. The van der Waals surface area contributed by atoms with Crippen LogP contribution in [0.5, 0.6) is 5.75 Å². The summed E-state index contributed by atoms with van der Waals surface area (Å²) in [7, 11) is 1.63. The van der Waals surface area contributed by atoms with Gasteiger partial charge in [-0.1, -0.05) is 0 Å². The van der Waals surface area contributed by atoms with Gasteiger partial charge in [0.25, 0.3) is 0 Å². The summed E-state index contributed by atoms with van der Waals surface area (Å²) >= 11 is 0. The van der Waals surface area contributed by atoms with Gasteiger partial charge in [0.1, 0.15) is 0 Å². The number of rotatable bonds is 3. The van der Waals surface area contributed by atoms with E-state index in [4.69, 9.17) is 9.84 Å².